The van der Waals surface area contributed by atoms with Crippen molar-refractivity contribution in [2.24, 2.45) is 0 Å². The number of anilines is 3. The molecule has 0 aliphatic carbocycles. The Morgan fingerprint density at radius 3 is 2.31 bits per heavy atom. The van der Waals surface area contributed by atoms with Gasteiger partial charge in [-0.1, -0.05) is 17.7 Å². The molecule has 26 heavy (non-hydrogen) atoms. The standard InChI is InChI=1S/C20H19ClN4O/c1-12-4-6-17(9-13(12)2)24-19(26)15-10-22-20(23-11-15)25-18-7-5-16(21)8-14(18)3/h4-11H,1-3H3,(H,24,26)(H,22,23,25). The van der Waals surface area contributed by atoms with E-state index in [4.69, 9.17) is 11.6 Å². The number of hydrogen-bond donors (Lipinski definition) is 2. The van der Waals surface area contributed by atoms with Gasteiger partial charge >= 0.3 is 0 Å². The van der Waals surface area contributed by atoms with Crippen molar-refractivity contribution in [3.05, 3.63) is 76.1 Å². The summed E-state index contributed by atoms with van der Waals surface area (Å²) in [5.41, 5.74) is 5.29. The summed E-state index contributed by atoms with van der Waals surface area (Å²) in [5, 5.41) is 6.65. The van der Waals surface area contributed by atoms with Gasteiger partial charge in [-0.2, -0.15) is 0 Å². The van der Waals surface area contributed by atoms with Gasteiger partial charge in [-0.05, 0) is 67.8 Å². The van der Waals surface area contributed by atoms with E-state index in [0.29, 0.717) is 16.5 Å². The van der Waals surface area contributed by atoms with E-state index >= 15 is 0 Å². The van der Waals surface area contributed by atoms with Crippen LogP contribution in [0.5, 0.6) is 0 Å². The zero-order valence-corrected chi connectivity index (χ0v) is 15.6. The van der Waals surface area contributed by atoms with Gasteiger partial charge in [0.1, 0.15) is 0 Å². The Morgan fingerprint density at radius 1 is 0.923 bits per heavy atom. The molecule has 0 saturated heterocycles. The molecular formula is C20H19ClN4O. The molecule has 0 atom stereocenters. The number of aromatic nitrogens is 2. The van der Waals surface area contributed by atoms with Crippen molar-refractivity contribution in [1.29, 1.82) is 0 Å². The average Bonchev–Trinajstić information content (AvgIpc) is 2.61. The molecule has 5 nitrogen and oxygen atoms in total. The molecule has 1 aromatic heterocycles. The van der Waals surface area contributed by atoms with Crippen LogP contribution < -0.4 is 10.6 Å². The van der Waals surface area contributed by atoms with Crippen LogP contribution in [0.1, 0.15) is 27.0 Å². The largest absolute Gasteiger partial charge is 0.324 e. The molecule has 0 bridgehead atoms. The molecule has 0 aliphatic heterocycles. The smallest absolute Gasteiger partial charge is 0.258 e. The van der Waals surface area contributed by atoms with Crippen molar-refractivity contribution >= 4 is 34.8 Å². The number of benzene rings is 2. The summed E-state index contributed by atoms with van der Waals surface area (Å²) >= 11 is 5.96. The molecule has 3 aromatic rings. The first-order valence-electron chi connectivity index (χ1n) is 8.16. The molecular weight excluding hydrogens is 348 g/mol. The summed E-state index contributed by atoms with van der Waals surface area (Å²) in [6.07, 6.45) is 2.99. The van der Waals surface area contributed by atoms with Gasteiger partial charge in [-0.25, -0.2) is 9.97 Å². The van der Waals surface area contributed by atoms with E-state index in [1.807, 2.05) is 51.1 Å². The van der Waals surface area contributed by atoms with Crippen LogP contribution in [0.3, 0.4) is 0 Å². The third-order valence-electron chi connectivity index (χ3n) is 4.11. The van der Waals surface area contributed by atoms with E-state index in [2.05, 4.69) is 20.6 Å². The number of halogens is 1. The van der Waals surface area contributed by atoms with Crippen LogP contribution in [0.2, 0.25) is 5.02 Å². The lowest BCUT2D eigenvalue weighted by Gasteiger charge is -2.09. The van der Waals surface area contributed by atoms with Crippen LogP contribution in [0.15, 0.2) is 48.8 Å². The Labute approximate surface area is 157 Å². The van der Waals surface area contributed by atoms with E-state index < -0.39 is 0 Å². The molecule has 132 valence electrons. The zero-order valence-electron chi connectivity index (χ0n) is 14.8. The van der Waals surface area contributed by atoms with E-state index in [0.717, 1.165) is 22.5 Å². The number of hydrogen-bond acceptors (Lipinski definition) is 4. The molecule has 0 fully saturated rings. The second-order valence-corrected chi connectivity index (χ2v) is 6.57. The minimum absolute atomic E-state index is 0.248. The topological polar surface area (TPSA) is 66.9 Å². The van der Waals surface area contributed by atoms with Gasteiger partial charge in [0.25, 0.3) is 5.91 Å². The maximum absolute atomic E-state index is 12.3. The molecule has 2 N–H and O–H groups in total. The number of nitrogens with zero attached hydrogens (tertiary/aromatic N) is 2. The lowest BCUT2D eigenvalue weighted by molar-refractivity contribution is 0.102. The molecule has 1 heterocycles. The third-order valence-corrected chi connectivity index (χ3v) is 4.35. The Hall–Kier alpha value is -2.92. The monoisotopic (exact) mass is 366 g/mol. The highest BCUT2D eigenvalue weighted by atomic mass is 35.5. The SMILES string of the molecule is Cc1ccc(NC(=O)c2cnc(Nc3ccc(Cl)cc3C)nc2)cc1C. The maximum Gasteiger partial charge on any atom is 0.258 e. The molecule has 0 saturated carbocycles. The second kappa shape index (κ2) is 7.54. The highest BCUT2D eigenvalue weighted by Gasteiger charge is 2.09. The highest BCUT2D eigenvalue weighted by Crippen LogP contribution is 2.22. The molecule has 2 aromatic carbocycles. The van der Waals surface area contributed by atoms with Crippen molar-refractivity contribution in [2.45, 2.75) is 20.8 Å². The number of carbonyl (C=O) groups excluding carboxylic acids is 1. The Balaban J connectivity index is 1.70. The molecule has 3 rings (SSSR count). The zero-order chi connectivity index (χ0) is 18.7. The van der Waals surface area contributed by atoms with Gasteiger partial charge in [-0.3, -0.25) is 4.79 Å². The molecule has 0 radical (unpaired) electrons. The summed E-state index contributed by atoms with van der Waals surface area (Å²) in [4.78, 5) is 20.8. The van der Waals surface area contributed by atoms with Gasteiger partial charge in [0.05, 0.1) is 5.56 Å². The second-order valence-electron chi connectivity index (χ2n) is 6.13. The van der Waals surface area contributed by atoms with E-state index in [-0.39, 0.29) is 5.91 Å². The fraction of sp³-hybridized carbons (Fsp3) is 0.150. The molecule has 0 unspecified atom stereocenters. The quantitative estimate of drug-likeness (QED) is 0.678. The first-order chi connectivity index (χ1) is 12.4. The first kappa shape index (κ1) is 17.9. The van der Waals surface area contributed by atoms with Crippen LogP contribution in [0, 0.1) is 20.8 Å². The molecule has 0 aliphatic rings. The first-order valence-corrected chi connectivity index (χ1v) is 8.54. The van der Waals surface area contributed by atoms with Gasteiger partial charge in [0.15, 0.2) is 0 Å². The Bertz CT molecular complexity index is 955. The van der Waals surface area contributed by atoms with E-state index in [9.17, 15) is 4.79 Å². The summed E-state index contributed by atoms with van der Waals surface area (Å²) in [5.74, 6) is 0.167. The van der Waals surface area contributed by atoms with E-state index in [1.165, 1.54) is 18.0 Å². The highest BCUT2D eigenvalue weighted by molar-refractivity contribution is 6.30. The van der Waals surface area contributed by atoms with Gasteiger partial charge < -0.3 is 10.6 Å². The van der Waals surface area contributed by atoms with Crippen LogP contribution in [-0.4, -0.2) is 15.9 Å². The number of aryl methyl sites for hydroxylation is 3. The van der Waals surface area contributed by atoms with Crippen molar-refractivity contribution in [3.8, 4) is 0 Å². The summed E-state index contributed by atoms with van der Waals surface area (Å²) in [7, 11) is 0. The summed E-state index contributed by atoms with van der Waals surface area (Å²) in [6.45, 7) is 5.98. The minimum atomic E-state index is -0.248. The maximum atomic E-state index is 12.3. The minimum Gasteiger partial charge on any atom is -0.324 e. The normalized spacial score (nSPS) is 10.5. The summed E-state index contributed by atoms with van der Waals surface area (Å²) < 4.78 is 0. The van der Waals surface area contributed by atoms with Crippen molar-refractivity contribution in [3.63, 3.8) is 0 Å². The molecule has 1 amide bonds. The lowest BCUT2D eigenvalue weighted by Crippen LogP contribution is -2.13. The number of carbonyl (C=O) groups is 1. The predicted octanol–water partition coefficient (Wildman–Crippen LogP) is 5.05. The van der Waals surface area contributed by atoms with Crippen molar-refractivity contribution in [2.75, 3.05) is 10.6 Å². The third kappa shape index (κ3) is 4.18. The van der Waals surface area contributed by atoms with E-state index in [1.54, 1.807) is 6.07 Å². The van der Waals surface area contributed by atoms with Gasteiger partial charge in [0, 0.05) is 28.8 Å². The fourth-order valence-corrected chi connectivity index (χ4v) is 2.65. The van der Waals surface area contributed by atoms with Crippen LogP contribution in [0.25, 0.3) is 0 Å². The summed E-state index contributed by atoms with van der Waals surface area (Å²) in [6, 6.07) is 11.3. The van der Waals surface area contributed by atoms with Crippen LogP contribution in [-0.2, 0) is 0 Å². The van der Waals surface area contributed by atoms with Crippen LogP contribution >= 0.6 is 11.6 Å². The number of amides is 1. The van der Waals surface area contributed by atoms with Crippen molar-refractivity contribution < 1.29 is 4.79 Å². The molecule has 0 spiro atoms. The van der Waals surface area contributed by atoms with Crippen LogP contribution in [0.4, 0.5) is 17.3 Å². The van der Waals surface area contributed by atoms with Gasteiger partial charge in [0.2, 0.25) is 5.95 Å². The lowest BCUT2D eigenvalue weighted by atomic mass is 10.1. The van der Waals surface area contributed by atoms with Gasteiger partial charge in [-0.15, -0.1) is 0 Å². The Morgan fingerprint density at radius 2 is 1.65 bits per heavy atom. The van der Waals surface area contributed by atoms with Crippen molar-refractivity contribution in [1.82, 2.24) is 9.97 Å². The Kier molecular flexibility index (Phi) is 5.19. The molecule has 6 heteroatoms. The number of rotatable bonds is 4. The predicted molar refractivity (Wildman–Crippen MR) is 105 cm³/mol. The number of nitrogens with one attached hydrogen (secondary N) is 2. The fourth-order valence-electron chi connectivity index (χ4n) is 2.42. The average molecular weight is 367 g/mol.